The van der Waals surface area contributed by atoms with Gasteiger partial charge in [-0.3, -0.25) is 9.36 Å². The predicted octanol–water partition coefficient (Wildman–Crippen LogP) is 5.54. The van der Waals surface area contributed by atoms with Gasteiger partial charge in [0.15, 0.2) is 16.3 Å². The number of allylic oxidation sites excluding steroid dienone is 1. The van der Waals surface area contributed by atoms with Crippen LogP contribution in [0.5, 0.6) is 17.2 Å². The van der Waals surface area contributed by atoms with Gasteiger partial charge in [-0.25, -0.2) is 9.79 Å². The molecule has 41 heavy (non-hydrogen) atoms. The van der Waals surface area contributed by atoms with Gasteiger partial charge >= 0.3 is 5.97 Å². The van der Waals surface area contributed by atoms with E-state index in [4.69, 9.17) is 23.9 Å². The molecule has 4 rings (SSSR count). The molecule has 2 aromatic carbocycles. The standard InChI is InChI=1S/C31H35BrN2O6S/c1-7-10-22-27(30(36)39-9-3)28(21-17-20(32)12-14-23(21)37-6)34-29(35)26(41-31(34)33-22)16-19-11-13-24(40-18(4)5)25(15-19)38-8-2/h11-18,28H,7-10H2,1-6H3/b26-16+/t28-/m0/s1. The van der Waals surface area contributed by atoms with Crippen LogP contribution in [0.15, 0.2) is 61.9 Å². The minimum Gasteiger partial charge on any atom is -0.496 e. The summed E-state index contributed by atoms with van der Waals surface area (Å²) in [4.78, 5) is 32.9. The van der Waals surface area contributed by atoms with Crippen LogP contribution < -0.4 is 29.1 Å². The topological polar surface area (TPSA) is 88.4 Å². The predicted molar refractivity (Wildman–Crippen MR) is 164 cm³/mol. The molecular formula is C31H35BrN2O6S. The molecule has 1 aromatic heterocycles. The number of hydrogen-bond acceptors (Lipinski definition) is 8. The zero-order valence-electron chi connectivity index (χ0n) is 24.2. The lowest BCUT2D eigenvalue weighted by molar-refractivity contribution is -0.139. The Labute approximate surface area is 252 Å². The molecule has 0 amide bonds. The third-order valence-electron chi connectivity index (χ3n) is 6.31. The highest BCUT2D eigenvalue weighted by atomic mass is 79.9. The zero-order valence-corrected chi connectivity index (χ0v) is 26.6. The van der Waals surface area contributed by atoms with E-state index in [-0.39, 0.29) is 18.3 Å². The number of halogens is 1. The van der Waals surface area contributed by atoms with E-state index in [1.165, 1.54) is 11.3 Å². The number of benzene rings is 2. The van der Waals surface area contributed by atoms with Gasteiger partial charge in [-0.1, -0.05) is 46.7 Å². The molecule has 1 aliphatic rings. The van der Waals surface area contributed by atoms with Crippen LogP contribution >= 0.6 is 27.3 Å². The molecule has 10 heteroatoms. The minimum absolute atomic E-state index is 0.00956. The summed E-state index contributed by atoms with van der Waals surface area (Å²) >= 11 is 4.83. The number of fused-ring (bicyclic) bond motifs is 1. The van der Waals surface area contributed by atoms with Crippen molar-refractivity contribution in [3.8, 4) is 17.2 Å². The highest BCUT2D eigenvalue weighted by molar-refractivity contribution is 9.10. The molecule has 0 N–H and O–H groups in total. The molecule has 0 radical (unpaired) electrons. The van der Waals surface area contributed by atoms with Crippen LogP contribution in [0.3, 0.4) is 0 Å². The summed E-state index contributed by atoms with van der Waals surface area (Å²) in [5.74, 6) is 1.30. The highest BCUT2D eigenvalue weighted by Crippen LogP contribution is 2.38. The summed E-state index contributed by atoms with van der Waals surface area (Å²) in [5, 5.41) is 0. The second-order valence-corrected chi connectivity index (χ2v) is 11.5. The van der Waals surface area contributed by atoms with Gasteiger partial charge in [0.25, 0.3) is 5.56 Å². The molecule has 3 aromatic rings. The van der Waals surface area contributed by atoms with Crippen molar-refractivity contribution in [1.82, 2.24) is 4.57 Å². The summed E-state index contributed by atoms with van der Waals surface area (Å²) in [7, 11) is 1.57. The largest absolute Gasteiger partial charge is 0.496 e. The Morgan fingerprint density at radius 1 is 1.10 bits per heavy atom. The number of hydrogen-bond donors (Lipinski definition) is 0. The molecule has 1 aliphatic heterocycles. The first-order valence-electron chi connectivity index (χ1n) is 13.7. The Balaban J connectivity index is 1.97. The fraction of sp³-hybridized carbons (Fsp3) is 0.387. The molecule has 0 spiro atoms. The van der Waals surface area contributed by atoms with Gasteiger partial charge in [-0.15, -0.1) is 0 Å². The van der Waals surface area contributed by atoms with Gasteiger partial charge in [-0.2, -0.15) is 0 Å². The van der Waals surface area contributed by atoms with Gasteiger partial charge < -0.3 is 18.9 Å². The second kappa shape index (κ2) is 13.5. The van der Waals surface area contributed by atoms with Crippen LogP contribution in [0.25, 0.3) is 6.08 Å². The van der Waals surface area contributed by atoms with Gasteiger partial charge in [0, 0.05) is 10.0 Å². The number of ether oxygens (including phenoxy) is 4. The monoisotopic (exact) mass is 642 g/mol. The van der Waals surface area contributed by atoms with E-state index in [9.17, 15) is 9.59 Å². The Morgan fingerprint density at radius 2 is 1.85 bits per heavy atom. The van der Waals surface area contributed by atoms with Crippen LogP contribution in [0.1, 0.15) is 64.6 Å². The number of nitrogens with zero attached hydrogens (tertiary/aromatic N) is 2. The van der Waals surface area contributed by atoms with Crippen molar-refractivity contribution in [2.75, 3.05) is 20.3 Å². The lowest BCUT2D eigenvalue weighted by atomic mass is 9.93. The first-order chi connectivity index (χ1) is 19.7. The summed E-state index contributed by atoms with van der Waals surface area (Å²) in [6, 6.07) is 10.4. The number of rotatable bonds is 11. The highest BCUT2D eigenvalue weighted by Gasteiger charge is 2.36. The van der Waals surface area contributed by atoms with E-state index in [1.807, 2.05) is 70.2 Å². The molecule has 0 bridgehead atoms. The Kier molecular flexibility index (Phi) is 10.1. The molecule has 2 heterocycles. The minimum atomic E-state index is -0.776. The number of aromatic nitrogens is 1. The van der Waals surface area contributed by atoms with E-state index < -0.39 is 12.0 Å². The van der Waals surface area contributed by atoms with E-state index in [1.54, 1.807) is 18.6 Å². The Bertz CT molecular complexity index is 1640. The normalized spacial score (nSPS) is 15.0. The molecule has 218 valence electrons. The molecule has 0 saturated heterocycles. The van der Waals surface area contributed by atoms with Crippen LogP contribution in [0, 0.1) is 0 Å². The number of carbonyl (C=O) groups excluding carboxylic acids is 1. The fourth-order valence-electron chi connectivity index (χ4n) is 4.72. The van der Waals surface area contributed by atoms with E-state index in [2.05, 4.69) is 15.9 Å². The Morgan fingerprint density at radius 3 is 2.51 bits per heavy atom. The summed E-state index contributed by atoms with van der Waals surface area (Å²) < 4.78 is 25.7. The van der Waals surface area contributed by atoms with Crippen molar-refractivity contribution in [2.45, 2.75) is 59.6 Å². The van der Waals surface area contributed by atoms with Crippen molar-refractivity contribution in [3.05, 3.63) is 83.0 Å². The first-order valence-corrected chi connectivity index (χ1v) is 15.3. The molecule has 0 fully saturated rings. The average molecular weight is 644 g/mol. The smallest absolute Gasteiger partial charge is 0.338 e. The molecule has 0 unspecified atom stereocenters. The van der Waals surface area contributed by atoms with Crippen molar-refractivity contribution < 1.29 is 23.7 Å². The van der Waals surface area contributed by atoms with Crippen molar-refractivity contribution in [2.24, 2.45) is 4.99 Å². The SMILES string of the molecule is CCCC1=C(C(=O)OCC)[C@H](c2cc(Br)ccc2OC)n2c(s/c(=C/c3ccc(OC(C)C)c(OCC)c3)c2=O)=N1. The maximum Gasteiger partial charge on any atom is 0.338 e. The first kappa shape index (κ1) is 30.6. The van der Waals surface area contributed by atoms with Crippen LogP contribution in [-0.4, -0.2) is 37.0 Å². The number of carbonyl (C=O) groups is 1. The van der Waals surface area contributed by atoms with Gasteiger partial charge in [-0.05, 0) is 76.1 Å². The second-order valence-electron chi connectivity index (χ2n) is 9.61. The Hall–Kier alpha value is -3.37. The van der Waals surface area contributed by atoms with Gasteiger partial charge in [0.05, 0.1) is 42.2 Å². The lowest BCUT2D eigenvalue weighted by Crippen LogP contribution is -2.40. The van der Waals surface area contributed by atoms with Crippen molar-refractivity contribution in [1.29, 1.82) is 0 Å². The lowest BCUT2D eigenvalue weighted by Gasteiger charge is -2.27. The van der Waals surface area contributed by atoms with Crippen molar-refractivity contribution >= 4 is 39.3 Å². The molecule has 1 atom stereocenters. The quantitative estimate of drug-likeness (QED) is 0.255. The van der Waals surface area contributed by atoms with E-state index in [0.29, 0.717) is 56.4 Å². The molecular weight excluding hydrogens is 608 g/mol. The zero-order chi connectivity index (χ0) is 29.7. The van der Waals surface area contributed by atoms with Crippen LogP contribution in [0.2, 0.25) is 0 Å². The maximum atomic E-state index is 14.1. The summed E-state index contributed by atoms with van der Waals surface area (Å²) in [5.41, 5.74) is 2.14. The summed E-state index contributed by atoms with van der Waals surface area (Å²) in [6.07, 6.45) is 3.13. The third kappa shape index (κ3) is 6.59. The summed E-state index contributed by atoms with van der Waals surface area (Å²) in [6.45, 7) is 10.3. The number of esters is 1. The van der Waals surface area contributed by atoms with Gasteiger partial charge in [0.2, 0.25) is 0 Å². The molecule has 0 saturated carbocycles. The number of methoxy groups -OCH3 is 1. The molecule has 8 nitrogen and oxygen atoms in total. The average Bonchev–Trinajstić information content (AvgIpc) is 3.23. The van der Waals surface area contributed by atoms with Crippen molar-refractivity contribution in [3.63, 3.8) is 0 Å². The van der Waals surface area contributed by atoms with E-state index in [0.717, 1.165) is 16.5 Å². The third-order valence-corrected chi connectivity index (χ3v) is 7.78. The number of thiazole rings is 1. The maximum absolute atomic E-state index is 14.1. The van der Waals surface area contributed by atoms with Gasteiger partial charge in [0.1, 0.15) is 11.8 Å². The van der Waals surface area contributed by atoms with E-state index >= 15 is 0 Å². The van der Waals surface area contributed by atoms with Crippen LogP contribution in [-0.2, 0) is 9.53 Å². The molecule has 0 aliphatic carbocycles. The fourth-order valence-corrected chi connectivity index (χ4v) is 6.12. The van der Waals surface area contributed by atoms with Crippen LogP contribution in [0.4, 0.5) is 0 Å².